The summed E-state index contributed by atoms with van der Waals surface area (Å²) < 4.78 is 2.06. The largest absolute Gasteiger partial charge is 0.282 e. The Bertz CT molecular complexity index is 117. The van der Waals surface area contributed by atoms with Crippen LogP contribution < -0.4 is 0 Å². The molecule has 0 aromatic heterocycles. The maximum atomic E-state index is 10.1. The van der Waals surface area contributed by atoms with Crippen LogP contribution in [0.5, 0.6) is 0 Å². The Morgan fingerprint density at radius 1 is 1.45 bits per heavy atom. The third kappa shape index (κ3) is 3.77. The minimum atomic E-state index is 0.399. The lowest BCUT2D eigenvalue weighted by molar-refractivity contribution is 0.313. The van der Waals surface area contributed by atoms with Gasteiger partial charge >= 0.3 is 0 Å². The van der Waals surface area contributed by atoms with Gasteiger partial charge in [0.25, 0.3) is 5.62 Å². The van der Waals surface area contributed by atoms with Gasteiger partial charge in [-0.3, -0.25) is 4.79 Å². The summed E-state index contributed by atoms with van der Waals surface area (Å²) in [6, 6.07) is 0.845. The fourth-order valence-electron chi connectivity index (χ4n) is 0.927. The molecule has 0 saturated heterocycles. The molecular weight excluding hydrogens is 158 g/mol. The smallest absolute Gasteiger partial charge is 0.276 e. The summed E-state index contributed by atoms with van der Waals surface area (Å²) in [7, 11) is 0. The summed E-state index contributed by atoms with van der Waals surface area (Å²) in [5, 5.41) is 0. The van der Waals surface area contributed by atoms with Crippen LogP contribution in [0.3, 0.4) is 0 Å². The van der Waals surface area contributed by atoms with Gasteiger partial charge in [-0.15, -0.1) is 0 Å². The van der Waals surface area contributed by atoms with Crippen molar-refractivity contribution in [2.75, 3.05) is 0 Å². The molecule has 0 aromatic carbocycles. The SMILES string of the molecule is CCC(C)N(S[C]=O)C(C)C. The Labute approximate surface area is 73.5 Å². The van der Waals surface area contributed by atoms with Gasteiger partial charge in [-0.1, -0.05) is 6.92 Å². The van der Waals surface area contributed by atoms with E-state index < -0.39 is 0 Å². The molecule has 2 nitrogen and oxygen atoms in total. The number of carbonyl (C=O) groups excluding carboxylic acids is 1. The first-order chi connectivity index (χ1) is 5.13. The van der Waals surface area contributed by atoms with Crippen LogP contribution in [0.4, 0.5) is 0 Å². The van der Waals surface area contributed by atoms with Crippen molar-refractivity contribution in [3.8, 4) is 0 Å². The topological polar surface area (TPSA) is 20.3 Å². The van der Waals surface area contributed by atoms with E-state index in [0.717, 1.165) is 18.4 Å². The average molecular weight is 174 g/mol. The normalized spacial score (nSPS) is 14.0. The molecule has 1 atom stereocenters. The molecule has 0 aliphatic carbocycles. The number of rotatable bonds is 5. The van der Waals surface area contributed by atoms with Crippen molar-refractivity contribution in [3.63, 3.8) is 0 Å². The van der Waals surface area contributed by atoms with Gasteiger partial charge in [0, 0.05) is 24.0 Å². The van der Waals surface area contributed by atoms with E-state index in [1.54, 1.807) is 0 Å². The second-order valence-electron chi connectivity index (χ2n) is 2.89. The van der Waals surface area contributed by atoms with Gasteiger partial charge in [0.15, 0.2) is 0 Å². The van der Waals surface area contributed by atoms with Gasteiger partial charge in [0.05, 0.1) is 0 Å². The van der Waals surface area contributed by atoms with Crippen LogP contribution >= 0.6 is 11.9 Å². The van der Waals surface area contributed by atoms with Crippen LogP contribution in [0.25, 0.3) is 0 Å². The van der Waals surface area contributed by atoms with Gasteiger partial charge in [-0.05, 0) is 27.2 Å². The minimum Gasteiger partial charge on any atom is -0.276 e. The molecule has 0 N–H and O–H groups in total. The lowest BCUT2D eigenvalue weighted by Gasteiger charge is -2.27. The zero-order valence-corrected chi connectivity index (χ0v) is 8.44. The molecule has 1 radical (unpaired) electrons. The molecule has 1 unspecified atom stereocenters. The summed E-state index contributed by atoms with van der Waals surface area (Å²) in [6.45, 7) is 8.39. The van der Waals surface area contributed by atoms with Crippen molar-refractivity contribution >= 4 is 17.6 Å². The highest BCUT2D eigenvalue weighted by molar-refractivity contribution is 8.09. The van der Waals surface area contributed by atoms with E-state index in [0.29, 0.717) is 12.1 Å². The minimum absolute atomic E-state index is 0.399. The number of hydrogen-bond donors (Lipinski definition) is 0. The van der Waals surface area contributed by atoms with Gasteiger partial charge in [-0.2, -0.15) is 0 Å². The van der Waals surface area contributed by atoms with Gasteiger partial charge < -0.3 is 0 Å². The van der Waals surface area contributed by atoms with Crippen LogP contribution in [0.15, 0.2) is 0 Å². The fourth-order valence-corrected chi connectivity index (χ4v) is 1.55. The predicted octanol–water partition coefficient (Wildman–Crippen LogP) is 2.21. The van der Waals surface area contributed by atoms with E-state index >= 15 is 0 Å². The van der Waals surface area contributed by atoms with Crippen molar-refractivity contribution in [2.24, 2.45) is 0 Å². The molecule has 0 spiro atoms. The Balaban J connectivity index is 3.96. The van der Waals surface area contributed by atoms with Crippen molar-refractivity contribution in [2.45, 2.75) is 46.2 Å². The molecule has 0 bridgehead atoms. The van der Waals surface area contributed by atoms with Crippen molar-refractivity contribution in [1.82, 2.24) is 4.31 Å². The van der Waals surface area contributed by atoms with Gasteiger partial charge in [-0.25, -0.2) is 4.31 Å². The quantitative estimate of drug-likeness (QED) is 0.596. The van der Waals surface area contributed by atoms with E-state index in [2.05, 4.69) is 32.0 Å². The first kappa shape index (κ1) is 11.0. The van der Waals surface area contributed by atoms with Crippen LogP contribution in [0, 0.1) is 0 Å². The Morgan fingerprint density at radius 3 is 2.27 bits per heavy atom. The molecule has 0 amide bonds. The summed E-state index contributed by atoms with van der Waals surface area (Å²) in [6.07, 6.45) is 1.06. The molecular formula is C8H16NOS. The van der Waals surface area contributed by atoms with E-state index in [4.69, 9.17) is 0 Å². The molecule has 0 fully saturated rings. The molecule has 3 heteroatoms. The molecule has 0 rings (SSSR count). The fraction of sp³-hybridized carbons (Fsp3) is 0.875. The lowest BCUT2D eigenvalue weighted by Crippen LogP contribution is -2.32. The van der Waals surface area contributed by atoms with Crippen LogP contribution in [-0.2, 0) is 4.79 Å². The third-order valence-corrected chi connectivity index (χ3v) is 2.74. The molecule has 0 aliphatic rings. The van der Waals surface area contributed by atoms with Crippen molar-refractivity contribution < 1.29 is 4.79 Å². The summed E-state index contributed by atoms with van der Waals surface area (Å²) >= 11 is 1.14. The zero-order chi connectivity index (χ0) is 8.85. The van der Waals surface area contributed by atoms with E-state index in [9.17, 15) is 4.79 Å². The summed E-state index contributed by atoms with van der Waals surface area (Å²) in [4.78, 5) is 10.1. The van der Waals surface area contributed by atoms with Crippen LogP contribution in [-0.4, -0.2) is 22.0 Å². The number of nitrogens with zero attached hydrogens (tertiary/aromatic N) is 1. The Morgan fingerprint density at radius 2 is 2.00 bits per heavy atom. The lowest BCUT2D eigenvalue weighted by atomic mass is 10.2. The highest BCUT2D eigenvalue weighted by Crippen LogP contribution is 2.17. The maximum Gasteiger partial charge on any atom is 0.282 e. The molecule has 0 aliphatic heterocycles. The number of hydrogen-bond acceptors (Lipinski definition) is 3. The standard InChI is InChI=1S/C8H16NOS/c1-5-8(4)9(7(2)3)11-6-10/h7-8H,5H2,1-4H3. The van der Waals surface area contributed by atoms with E-state index in [-0.39, 0.29) is 0 Å². The Kier molecular flexibility index (Phi) is 5.60. The second kappa shape index (κ2) is 5.61. The highest BCUT2D eigenvalue weighted by Gasteiger charge is 2.15. The molecule has 0 saturated carbocycles. The summed E-state index contributed by atoms with van der Waals surface area (Å²) in [5.41, 5.74) is 1.86. The molecule has 0 aromatic rings. The van der Waals surface area contributed by atoms with Crippen molar-refractivity contribution in [1.29, 1.82) is 0 Å². The predicted molar refractivity (Wildman–Crippen MR) is 50.0 cm³/mol. The first-order valence-corrected chi connectivity index (χ1v) is 4.73. The average Bonchev–Trinajstić information content (AvgIpc) is 1.98. The van der Waals surface area contributed by atoms with E-state index in [1.165, 1.54) is 0 Å². The highest BCUT2D eigenvalue weighted by atomic mass is 32.2. The monoisotopic (exact) mass is 174 g/mol. The zero-order valence-electron chi connectivity index (χ0n) is 7.63. The second-order valence-corrected chi connectivity index (χ2v) is 3.66. The molecule has 11 heavy (non-hydrogen) atoms. The van der Waals surface area contributed by atoms with Gasteiger partial charge in [0.2, 0.25) is 0 Å². The summed E-state index contributed by atoms with van der Waals surface area (Å²) in [5.74, 6) is 0. The first-order valence-electron chi connectivity index (χ1n) is 3.95. The third-order valence-electron chi connectivity index (χ3n) is 1.68. The van der Waals surface area contributed by atoms with Gasteiger partial charge in [0.1, 0.15) is 0 Å². The van der Waals surface area contributed by atoms with Crippen LogP contribution in [0.1, 0.15) is 34.1 Å². The Hall–Kier alpha value is -0.0200. The molecule has 0 heterocycles. The maximum absolute atomic E-state index is 10.1. The van der Waals surface area contributed by atoms with E-state index in [1.807, 2.05) is 5.62 Å². The van der Waals surface area contributed by atoms with Crippen molar-refractivity contribution in [3.05, 3.63) is 0 Å². The van der Waals surface area contributed by atoms with Crippen LogP contribution in [0.2, 0.25) is 0 Å². The molecule has 65 valence electrons.